The summed E-state index contributed by atoms with van der Waals surface area (Å²) in [6, 6.07) is 0. The number of rotatable bonds is 5. The highest BCUT2D eigenvalue weighted by molar-refractivity contribution is 5.81. The maximum Gasteiger partial charge on any atom is 0.310 e. The Balaban J connectivity index is 1.59. The van der Waals surface area contributed by atoms with Crippen molar-refractivity contribution in [2.24, 2.45) is 50.7 Å². The Bertz CT molecular complexity index is 1030. The molecular weight excluding hydrogens is 480 g/mol. The number of fused-ring (bicyclic) bond motifs is 6. The number of aliphatic hydroxyl groups excluding tert-OH is 2. The van der Waals surface area contributed by atoms with Crippen LogP contribution in [0.5, 0.6) is 0 Å². The molecule has 12 atom stereocenters. The molecule has 0 aromatic rings. The first kappa shape index (κ1) is 28.1. The van der Waals surface area contributed by atoms with Crippen LogP contribution in [0, 0.1) is 50.7 Å². The van der Waals surface area contributed by atoms with E-state index in [1.807, 2.05) is 13.8 Å². The summed E-state index contributed by atoms with van der Waals surface area (Å²) in [6.45, 7) is 14.7. The fourth-order valence-electron chi connectivity index (χ4n) is 11.6. The highest BCUT2D eigenvalue weighted by Gasteiger charge is 2.86. The molecule has 0 aliphatic heterocycles. The topological polar surface area (TPSA) is 104 Å². The average Bonchev–Trinajstić information content (AvgIpc) is 3.42. The Labute approximate surface area is 228 Å². The van der Waals surface area contributed by atoms with Gasteiger partial charge < -0.3 is 20.1 Å². The quantitative estimate of drug-likeness (QED) is 0.309. The van der Waals surface area contributed by atoms with Gasteiger partial charge in [-0.2, -0.15) is 0 Å². The second kappa shape index (κ2) is 8.80. The van der Waals surface area contributed by atoms with Crippen molar-refractivity contribution in [2.75, 3.05) is 0 Å². The standard InChI is InChI=1S/C32H50O6/c1-18(2)9-8-12-31(27(36)37)17-32(31)24-15-23(35)26-28(5)13-11-22(34)19(3)21(28)10-14-29(26,6)30(24,7)16-25(32)38-20(4)33/h9,19,21-26,34-35H,8,10-17H2,1-7H3,(H,36,37)/t19-,21-,22+,23+,24+,25-,26-,28-,29-,30-,31-,32+/m0/s1. The van der Waals surface area contributed by atoms with E-state index < -0.39 is 29.0 Å². The van der Waals surface area contributed by atoms with Gasteiger partial charge >= 0.3 is 11.9 Å². The number of ether oxygens (including phenoxy) is 1. The van der Waals surface area contributed by atoms with E-state index in [1.165, 1.54) is 12.5 Å². The van der Waals surface area contributed by atoms with Crippen LogP contribution in [0.15, 0.2) is 11.6 Å². The highest BCUT2D eigenvalue weighted by Crippen LogP contribution is 2.85. The van der Waals surface area contributed by atoms with E-state index in [0.717, 1.165) is 25.7 Å². The molecule has 5 rings (SSSR count). The van der Waals surface area contributed by atoms with Crippen molar-refractivity contribution >= 4 is 11.9 Å². The van der Waals surface area contributed by atoms with Gasteiger partial charge in [-0.25, -0.2) is 0 Å². The van der Waals surface area contributed by atoms with Crippen LogP contribution in [0.4, 0.5) is 0 Å². The summed E-state index contributed by atoms with van der Waals surface area (Å²) in [5.74, 6) is -0.514. The smallest absolute Gasteiger partial charge is 0.310 e. The summed E-state index contributed by atoms with van der Waals surface area (Å²) >= 11 is 0. The van der Waals surface area contributed by atoms with Gasteiger partial charge in [-0.15, -0.1) is 0 Å². The van der Waals surface area contributed by atoms with Crippen LogP contribution in [-0.4, -0.2) is 45.6 Å². The minimum atomic E-state index is -0.936. The lowest BCUT2D eigenvalue weighted by Crippen LogP contribution is -2.66. The molecule has 5 aliphatic carbocycles. The zero-order valence-corrected chi connectivity index (χ0v) is 24.5. The van der Waals surface area contributed by atoms with Gasteiger partial charge in [0.1, 0.15) is 6.10 Å². The third kappa shape index (κ3) is 3.44. The van der Waals surface area contributed by atoms with Gasteiger partial charge in [0.05, 0.1) is 17.6 Å². The SMILES string of the molecule is CC(=O)O[C@H]1C[C@@]2(C)[C@@H](C[C@@H](O)[C@H]3[C@@]4(C)CC[C@@H](O)[C@@H](C)[C@@H]4CC[C@@]32C)[C@]12C[C@@]2(CCC=C(C)C)C(=O)O. The Morgan fingerprint density at radius 3 is 2.29 bits per heavy atom. The van der Waals surface area contributed by atoms with Crippen LogP contribution in [0.3, 0.4) is 0 Å². The van der Waals surface area contributed by atoms with Crippen LogP contribution in [0.25, 0.3) is 0 Å². The second-order valence-corrected chi connectivity index (χ2v) is 15.0. The van der Waals surface area contributed by atoms with Gasteiger partial charge in [0, 0.05) is 12.3 Å². The number of allylic oxidation sites excluding steroid dienone is 2. The molecule has 0 radical (unpaired) electrons. The number of carbonyl (C=O) groups excluding carboxylic acids is 1. The van der Waals surface area contributed by atoms with Gasteiger partial charge in [0.2, 0.25) is 0 Å². The molecule has 0 saturated heterocycles. The molecule has 0 bridgehead atoms. The van der Waals surface area contributed by atoms with Gasteiger partial charge in [-0.05, 0) is 112 Å². The van der Waals surface area contributed by atoms with E-state index in [-0.39, 0.29) is 46.1 Å². The Morgan fingerprint density at radius 1 is 1.00 bits per heavy atom. The number of carbonyl (C=O) groups is 2. The molecule has 6 heteroatoms. The average molecular weight is 531 g/mol. The third-order valence-electron chi connectivity index (χ3n) is 13.4. The van der Waals surface area contributed by atoms with Crippen molar-refractivity contribution in [3.63, 3.8) is 0 Å². The van der Waals surface area contributed by atoms with E-state index in [4.69, 9.17) is 4.74 Å². The summed E-state index contributed by atoms with van der Waals surface area (Å²) in [5, 5.41) is 33.4. The summed E-state index contributed by atoms with van der Waals surface area (Å²) in [4.78, 5) is 25.4. The highest BCUT2D eigenvalue weighted by atomic mass is 16.5. The molecule has 6 nitrogen and oxygen atoms in total. The first-order valence-corrected chi connectivity index (χ1v) is 15.0. The van der Waals surface area contributed by atoms with Crippen LogP contribution < -0.4 is 0 Å². The minimum Gasteiger partial charge on any atom is -0.481 e. The Hall–Kier alpha value is -1.40. The lowest BCUT2D eigenvalue weighted by atomic mass is 9.36. The molecule has 1 spiro atoms. The predicted molar refractivity (Wildman–Crippen MR) is 145 cm³/mol. The van der Waals surface area contributed by atoms with Crippen molar-refractivity contribution < 1.29 is 29.6 Å². The summed E-state index contributed by atoms with van der Waals surface area (Å²) < 4.78 is 6.07. The number of esters is 1. The van der Waals surface area contributed by atoms with Gasteiger partial charge in [0.15, 0.2) is 0 Å². The molecule has 0 unspecified atom stereocenters. The van der Waals surface area contributed by atoms with E-state index in [2.05, 4.69) is 33.8 Å². The van der Waals surface area contributed by atoms with E-state index >= 15 is 0 Å². The fraction of sp³-hybridized carbons (Fsp3) is 0.875. The molecule has 0 aromatic carbocycles. The lowest BCUT2D eigenvalue weighted by Gasteiger charge is -2.69. The summed E-state index contributed by atoms with van der Waals surface area (Å²) in [5.41, 5.74) is -0.946. The van der Waals surface area contributed by atoms with Gasteiger partial charge in [-0.1, -0.05) is 39.3 Å². The maximum atomic E-state index is 13.0. The number of hydrogen-bond donors (Lipinski definition) is 3. The maximum absolute atomic E-state index is 13.0. The number of aliphatic hydroxyl groups is 2. The molecule has 3 N–H and O–H groups in total. The number of aliphatic carboxylic acids is 1. The number of carboxylic acids is 1. The van der Waals surface area contributed by atoms with Crippen molar-refractivity contribution in [1.82, 2.24) is 0 Å². The summed E-state index contributed by atoms with van der Waals surface area (Å²) in [7, 11) is 0. The fourth-order valence-corrected chi connectivity index (χ4v) is 11.6. The summed E-state index contributed by atoms with van der Waals surface area (Å²) in [6.07, 6.45) is 7.42. The van der Waals surface area contributed by atoms with Crippen LogP contribution in [-0.2, 0) is 14.3 Å². The lowest BCUT2D eigenvalue weighted by molar-refractivity contribution is -0.241. The first-order chi connectivity index (χ1) is 17.6. The van der Waals surface area contributed by atoms with Crippen LogP contribution >= 0.6 is 0 Å². The van der Waals surface area contributed by atoms with Crippen LogP contribution in [0.1, 0.15) is 106 Å². The van der Waals surface area contributed by atoms with E-state index in [1.54, 1.807) is 0 Å². The molecule has 0 aromatic heterocycles. The van der Waals surface area contributed by atoms with E-state index in [9.17, 15) is 24.9 Å². The third-order valence-corrected chi connectivity index (χ3v) is 13.4. The largest absolute Gasteiger partial charge is 0.481 e. The molecular formula is C32H50O6. The van der Waals surface area contributed by atoms with Crippen molar-refractivity contribution in [3.8, 4) is 0 Å². The number of hydrogen-bond acceptors (Lipinski definition) is 5. The predicted octanol–water partition coefficient (Wildman–Crippen LogP) is 5.75. The number of carboxylic acid groups (broad SMARTS) is 1. The second-order valence-electron chi connectivity index (χ2n) is 15.0. The zero-order chi connectivity index (χ0) is 28.1. The molecule has 0 amide bonds. The molecule has 38 heavy (non-hydrogen) atoms. The molecule has 5 fully saturated rings. The normalized spacial score (nSPS) is 52.9. The minimum absolute atomic E-state index is 0.0230. The van der Waals surface area contributed by atoms with Crippen LogP contribution in [0.2, 0.25) is 0 Å². The van der Waals surface area contributed by atoms with Crippen molar-refractivity contribution in [2.45, 2.75) is 125 Å². The zero-order valence-electron chi connectivity index (χ0n) is 24.5. The molecule has 214 valence electrons. The van der Waals surface area contributed by atoms with Gasteiger partial charge in [0.25, 0.3) is 0 Å². The molecule has 5 aliphatic rings. The van der Waals surface area contributed by atoms with Crippen molar-refractivity contribution in [1.29, 1.82) is 0 Å². The molecule has 5 saturated carbocycles. The van der Waals surface area contributed by atoms with E-state index in [0.29, 0.717) is 38.0 Å². The molecule has 0 heterocycles. The van der Waals surface area contributed by atoms with Crippen molar-refractivity contribution in [3.05, 3.63) is 11.6 Å². The Morgan fingerprint density at radius 2 is 1.68 bits per heavy atom. The first-order valence-electron chi connectivity index (χ1n) is 15.0. The van der Waals surface area contributed by atoms with Gasteiger partial charge in [-0.3, -0.25) is 9.59 Å². The Kier molecular flexibility index (Phi) is 6.52. The monoisotopic (exact) mass is 530 g/mol.